The highest BCUT2D eigenvalue weighted by molar-refractivity contribution is 5.77. The van der Waals surface area contributed by atoms with E-state index in [4.69, 9.17) is 10.8 Å². The van der Waals surface area contributed by atoms with Crippen molar-refractivity contribution < 1.29 is 9.90 Å². The van der Waals surface area contributed by atoms with E-state index < -0.39 is 11.5 Å². The number of nitrogens with zero attached hydrogens (tertiary/aromatic N) is 1. The van der Waals surface area contributed by atoms with Gasteiger partial charge < -0.3 is 15.7 Å². The third kappa shape index (κ3) is 3.29. The molecule has 5 atom stereocenters. The predicted molar refractivity (Wildman–Crippen MR) is 75.9 cm³/mol. The molecule has 0 aliphatic heterocycles. The van der Waals surface area contributed by atoms with Crippen LogP contribution >= 0.6 is 0 Å². The molecule has 2 aliphatic rings. The Hall–Kier alpha value is -0.610. The van der Waals surface area contributed by atoms with Crippen LogP contribution in [0, 0.1) is 17.8 Å². The highest BCUT2D eigenvalue weighted by Gasteiger charge is 2.40. The highest BCUT2D eigenvalue weighted by atomic mass is 16.4. The van der Waals surface area contributed by atoms with Crippen molar-refractivity contribution in [3.63, 3.8) is 0 Å². The van der Waals surface area contributed by atoms with E-state index in [1.807, 2.05) is 0 Å². The van der Waals surface area contributed by atoms with E-state index in [-0.39, 0.29) is 6.04 Å². The quantitative estimate of drug-likeness (QED) is 0.772. The van der Waals surface area contributed by atoms with Crippen molar-refractivity contribution >= 4 is 5.97 Å². The van der Waals surface area contributed by atoms with Gasteiger partial charge in [0.1, 0.15) is 5.54 Å². The number of carboxylic acid groups (broad SMARTS) is 1. The van der Waals surface area contributed by atoms with Gasteiger partial charge in [0.25, 0.3) is 0 Å². The van der Waals surface area contributed by atoms with Crippen LogP contribution in [0.5, 0.6) is 0 Å². The molecule has 4 nitrogen and oxygen atoms in total. The number of hydrogen-bond acceptors (Lipinski definition) is 3. The lowest BCUT2D eigenvalue weighted by atomic mass is 9.87. The lowest BCUT2D eigenvalue weighted by Crippen LogP contribution is -2.50. The number of carbonyl (C=O) groups is 1. The molecule has 0 aromatic carbocycles. The first-order chi connectivity index (χ1) is 8.79. The summed E-state index contributed by atoms with van der Waals surface area (Å²) in [6.45, 7) is 4.79. The number of carboxylic acids is 1. The third-order valence-corrected chi connectivity index (χ3v) is 5.37. The first-order valence-corrected chi connectivity index (χ1v) is 7.52. The standard InChI is InChI=1S/C15H28N2O2/c1-10(8-15(2,16)14(18)19)17(3)9-13-7-11-4-5-12(13)6-11/h10-13H,4-9,16H2,1-3H3,(H,18,19). The molecule has 2 saturated carbocycles. The lowest BCUT2D eigenvalue weighted by Gasteiger charge is -2.34. The number of nitrogens with two attached hydrogens (primary N) is 1. The first kappa shape index (κ1) is 14.8. The monoisotopic (exact) mass is 268 g/mol. The van der Waals surface area contributed by atoms with Crippen molar-refractivity contribution in [2.45, 2.75) is 57.5 Å². The summed E-state index contributed by atoms with van der Waals surface area (Å²) in [4.78, 5) is 13.4. The van der Waals surface area contributed by atoms with Gasteiger partial charge >= 0.3 is 5.97 Å². The molecular weight excluding hydrogens is 240 g/mol. The van der Waals surface area contributed by atoms with Crippen LogP contribution in [-0.4, -0.2) is 41.1 Å². The zero-order chi connectivity index (χ0) is 14.2. The van der Waals surface area contributed by atoms with Crippen molar-refractivity contribution in [2.75, 3.05) is 13.6 Å². The maximum absolute atomic E-state index is 11.1. The summed E-state index contributed by atoms with van der Waals surface area (Å²) in [5.74, 6) is 1.80. The van der Waals surface area contributed by atoms with Gasteiger partial charge in [-0.15, -0.1) is 0 Å². The molecule has 110 valence electrons. The molecule has 0 saturated heterocycles. The second-order valence-corrected chi connectivity index (χ2v) is 7.15. The molecule has 0 aromatic heterocycles. The molecule has 0 spiro atoms. The molecule has 0 radical (unpaired) electrons. The van der Waals surface area contributed by atoms with Crippen molar-refractivity contribution in [3.05, 3.63) is 0 Å². The van der Waals surface area contributed by atoms with Crippen molar-refractivity contribution in [1.82, 2.24) is 4.90 Å². The van der Waals surface area contributed by atoms with Gasteiger partial charge in [0.05, 0.1) is 0 Å². The van der Waals surface area contributed by atoms with E-state index in [0.717, 1.165) is 24.3 Å². The van der Waals surface area contributed by atoms with Crippen LogP contribution in [-0.2, 0) is 4.79 Å². The highest BCUT2D eigenvalue weighted by Crippen LogP contribution is 2.48. The number of fused-ring (bicyclic) bond motifs is 2. The molecule has 4 heteroatoms. The number of hydrogen-bond donors (Lipinski definition) is 2. The van der Waals surface area contributed by atoms with Crippen molar-refractivity contribution in [3.8, 4) is 0 Å². The molecule has 0 amide bonds. The Labute approximate surface area is 116 Å². The fourth-order valence-electron chi connectivity index (χ4n) is 4.01. The normalized spacial score (nSPS) is 34.5. The zero-order valence-corrected chi connectivity index (χ0v) is 12.4. The van der Waals surface area contributed by atoms with Crippen molar-refractivity contribution in [2.24, 2.45) is 23.5 Å². The fourth-order valence-corrected chi connectivity index (χ4v) is 4.01. The van der Waals surface area contributed by atoms with Crippen LogP contribution in [0.25, 0.3) is 0 Å². The average molecular weight is 268 g/mol. The van der Waals surface area contributed by atoms with Crippen LogP contribution < -0.4 is 5.73 Å². The summed E-state index contributed by atoms with van der Waals surface area (Å²) < 4.78 is 0. The van der Waals surface area contributed by atoms with E-state index in [0.29, 0.717) is 6.42 Å². The number of rotatable bonds is 6. The minimum Gasteiger partial charge on any atom is -0.480 e. The minimum atomic E-state index is -1.12. The molecule has 5 unspecified atom stereocenters. The maximum atomic E-state index is 11.1. The van der Waals surface area contributed by atoms with Gasteiger partial charge in [0.2, 0.25) is 0 Å². The number of aliphatic carboxylic acids is 1. The molecule has 19 heavy (non-hydrogen) atoms. The molecule has 3 N–H and O–H groups in total. The smallest absolute Gasteiger partial charge is 0.323 e. The van der Waals surface area contributed by atoms with Crippen LogP contribution in [0.1, 0.15) is 46.0 Å². The second-order valence-electron chi connectivity index (χ2n) is 7.15. The zero-order valence-electron chi connectivity index (χ0n) is 12.4. The summed E-state index contributed by atoms with van der Waals surface area (Å²) in [5.41, 5.74) is 4.72. The third-order valence-electron chi connectivity index (χ3n) is 5.37. The van der Waals surface area contributed by atoms with E-state index >= 15 is 0 Å². The molecule has 0 heterocycles. The minimum absolute atomic E-state index is 0.213. The first-order valence-electron chi connectivity index (χ1n) is 7.52. The van der Waals surface area contributed by atoms with Crippen LogP contribution in [0.4, 0.5) is 0 Å². The van der Waals surface area contributed by atoms with Gasteiger partial charge in [-0.3, -0.25) is 4.79 Å². The Morgan fingerprint density at radius 2 is 2.16 bits per heavy atom. The molecule has 2 aliphatic carbocycles. The Bertz CT molecular complexity index is 343. The Balaban J connectivity index is 1.82. The van der Waals surface area contributed by atoms with E-state index in [1.54, 1.807) is 6.92 Å². The summed E-state index contributed by atoms with van der Waals surface area (Å²) in [6.07, 6.45) is 6.14. The molecule has 0 aromatic rings. The molecule has 2 bridgehead atoms. The lowest BCUT2D eigenvalue weighted by molar-refractivity contribution is -0.143. The maximum Gasteiger partial charge on any atom is 0.323 e. The second kappa shape index (κ2) is 5.41. The summed E-state index contributed by atoms with van der Waals surface area (Å²) in [5, 5.41) is 9.10. The fraction of sp³-hybridized carbons (Fsp3) is 0.933. The SMILES string of the molecule is CC(CC(C)(N)C(=O)O)N(C)CC1CC2CCC1C2. The van der Waals surface area contributed by atoms with E-state index in [2.05, 4.69) is 18.9 Å². The Morgan fingerprint density at radius 3 is 2.63 bits per heavy atom. The largest absolute Gasteiger partial charge is 0.480 e. The van der Waals surface area contributed by atoms with Gasteiger partial charge in [0, 0.05) is 12.6 Å². The predicted octanol–water partition coefficient (Wildman–Crippen LogP) is 1.93. The van der Waals surface area contributed by atoms with Gasteiger partial charge in [-0.1, -0.05) is 6.42 Å². The Kier molecular flexibility index (Phi) is 4.21. The van der Waals surface area contributed by atoms with Gasteiger partial charge in [-0.25, -0.2) is 0 Å². The molecule has 2 rings (SSSR count). The van der Waals surface area contributed by atoms with Gasteiger partial charge in [-0.2, -0.15) is 0 Å². The summed E-state index contributed by atoms with van der Waals surface area (Å²) in [7, 11) is 2.11. The summed E-state index contributed by atoms with van der Waals surface area (Å²) >= 11 is 0. The van der Waals surface area contributed by atoms with Gasteiger partial charge in [-0.05, 0) is 64.3 Å². The van der Waals surface area contributed by atoms with Crippen molar-refractivity contribution in [1.29, 1.82) is 0 Å². The van der Waals surface area contributed by atoms with Crippen LogP contribution in [0.15, 0.2) is 0 Å². The van der Waals surface area contributed by atoms with E-state index in [1.165, 1.54) is 25.7 Å². The summed E-state index contributed by atoms with van der Waals surface area (Å²) in [6, 6.07) is 0.213. The van der Waals surface area contributed by atoms with E-state index in [9.17, 15) is 4.79 Å². The molecular formula is C15H28N2O2. The van der Waals surface area contributed by atoms with Crippen LogP contribution in [0.2, 0.25) is 0 Å². The average Bonchev–Trinajstić information content (AvgIpc) is 2.89. The Morgan fingerprint density at radius 1 is 1.47 bits per heavy atom. The topological polar surface area (TPSA) is 66.6 Å². The van der Waals surface area contributed by atoms with Gasteiger partial charge in [0.15, 0.2) is 0 Å². The van der Waals surface area contributed by atoms with Crippen LogP contribution in [0.3, 0.4) is 0 Å². The molecule has 2 fully saturated rings.